The highest BCUT2D eigenvalue weighted by atomic mass is 16.1. The first kappa shape index (κ1) is 9.30. The third kappa shape index (κ3) is 2.68. The predicted octanol–water partition coefficient (Wildman–Crippen LogP) is 1.87. The average molecular weight is 167 g/mol. The van der Waals surface area contributed by atoms with Gasteiger partial charge in [0, 0.05) is 13.0 Å². The second-order valence-electron chi connectivity index (χ2n) is 3.36. The van der Waals surface area contributed by atoms with Crippen LogP contribution in [0.2, 0.25) is 0 Å². The summed E-state index contributed by atoms with van der Waals surface area (Å²) >= 11 is 0. The summed E-state index contributed by atoms with van der Waals surface area (Å²) in [5.41, 5.74) is 0. The smallest absolute Gasteiger partial charge is 0.160 e. The number of allylic oxidation sites excluding steroid dienone is 1. The molecule has 1 rings (SSSR count). The zero-order valence-electron chi connectivity index (χ0n) is 7.68. The third-order valence-electron chi connectivity index (χ3n) is 2.42. The van der Waals surface area contributed by atoms with Crippen molar-refractivity contribution in [2.75, 3.05) is 7.05 Å². The molecule has 0 atom stereocenters. The minimum absolute atomic E-state index is 0.295. The molecular weight excluding hydrogens is 150 g/mol. The summed E-state index contributed by atoms with van der Waals surface area (Å²) in [4.78, 5) is 11.4. The van der Waals surface area contributed by atoms with Crippen molar-refractivity contribution in [2.24, 2.45) is 5.92 Å². The maximum absolute atomic E-state index is 11.4. The SMILES string of the molecule is CN/C=C\C(=O)C1CCCCC1. The van der Waals surface area contributed by atoms with Crippen molar-refractivity contribution in [1.29, 1.82) is 0 Å². The molecule has 1 fully saturated rings. The van der Waals surface area contributed by atoms with Crippen molar-refractivity contribution in [3.8, 4) is 0 Å². The van der Waals surface area contributed by atoms with E-state index in [4.69, 9.17) is 0 Å². The first-order chi connectivity index (χ1) is 5.84. The maximum atomic E-state index is 11.4. The Kier molecular flexibility index (Phi) is 3.85. The zero-order chi connectivity index (χ0) is 8.81. The molecule has 0 heterocycles. The largest absolute Gasteiger partial charge is 0.394 e. The Bertz CT molecular complexity index is 169. The zero-order valence-corrected chi connectivity index (χ0v) is 7.68. The van der Waals surface area contributed by atoms with E-state index in [0.29, 0.717) is 11.7 Å². The molecule has 0 radical (unpaired) electrons. The lowest BCUT2D eigenvalue weighted by molar-refractivity contribution is -0.119. The van der Waals surface area contributed by atoms with Gasteiger partial charge in [0.05, 0.1) is 0 Å². The Balaban J connectivity index is 2.34. The Labute approximate surface area is 74.0 Å². The fraction of sp³-hybridized carbons (Fsp3) is 0.700. The van der Waals surface area contributed by atoms with Gasteiger partial charge in [-0.1, -0.05) is 19.3 Å². The van der Waals surface area contributed by atoms with Crippen molar-refractivity contribution >= 4 is 5.78 Å². The van der Waals surface area contributed by atoms with Gasteiger partial charge in [0.1, 0.15) is 0 Å². The van der Waals surface area contributed by atoms with Crippen molar-refractivity contribution < 1.29 is 4.79 Å². The molecule has 0 unspecified atom stereocenters. The lowest BCUT2D eigenvalue weighted by atomic mass is 9.86. The van der Waals surface area contributed by atoms with Crippen LogP contribution in [0.15, 0.2) is 12.3 Å². The summed E-state index contributed by atoms with van der Waals surface area (Å²) in [5.74, 6) is 0.604. The molecule has 1 aliphatic carbocycles. The molecule has 0 spiro atoms. The van der Waals surface area contributed by atoms with Crippen LogP contribution in [0.1, 0.15) is 32.1 Å². The molecule has 0 aromatic carbocycles. The topological polar surface area (TPSA) is 29.1 Å². The minimum atomic E-state index is 0.295. The van der Waals surface area contributed by atoms with Crippen molar-refractivity contribution in [3.05, 3.63) is 12.3 Å². The molecule has 12 heavy (non-hydrogen) atoms. The molecule has 0 amide bonds. The number of carbonyl (C=O) groups is 1. The molecule has 0 aromatic heterocycles. The van der Waals surface area contributed by atoms with E-state index < -0.39 is 0 Å². The van der Waals surface area contributed by atoms with Crippen molar-refractivity contribution in [2.45, 2.75) is 32.1 Å². The number of hydrogen-bond donors (Lipinski definition) is 1. The average Bonchev–Trinajstić information content (AvgIpc) is 2.15. The molecular formula is C10H17NO. The van der Waals surface area contributed by atoms with Gasteiger partial charge in [-0.05, 0) is 25.1 Å². The summed E-state index contributed by atoms with van der Waals surface area (Å²) in [6, 6.07) is 0. The monoisotopic (exact) mass is 167 g/mol. The van der Waals surface area contributed by atoms with E-state index in [1.807, 2.05) is 7.05 Å². The summed E-state index contributed by atoms with van der Waals surface area (Å²) in [6.07, 6.45) is 9.32. The summed E-state index contributed by atoms with van der Waals surface area (Å²) < 4.78 is 0. The van der Waals surface area contributed by atoms with E-state index in [-0.39, 0.29) is 0 Å². The Hall–Kier alpha value is -0.790. The molecule has 2 nitrogen and oxygen atoms in total. The van der Waals surface area contributed by atoms with Crippen LogP contribution in [0.3, 0.4) is 0 Å². The molecule has 0 aromatic rings. The Morgan fingerprint density at radius 2 is 2.00 bits per heavy atom. The number of rotatable bonds is 3. The number of hydrogen-bond acceptors (Lipinski definition) is 2. The third-order valence-corrected chi connectivity index (χ3v) is 2.42. The van der Waals surface area contributed by atoms with E-state index in [1.54, 1.807) is 12.3 Å². The number of carbonyl (C=O) groups excluding carboxylic acids is 1. The van der Waals surface area contributed by atoms with Gasteiger partial charge >= 0.3 is 0 Å². The summed E-state index contributed by atoms with van der Waals surface area (Å²) in [7, 11) is 1.81. The number of ketones is 1. The van der Waals surface area contributed by atoms with Crippen LogP contribution >= 0.6 is 0 Å². The van der Waals surface area contributed by atoms with Crippen LogP contribution in [-0.4, -0.2) is 12.8 Å². The van der Waals surface area contributed by atoms with Gasteiger partial charge in [-0.2, -0.15) is 0 Å². The highest BCUT2D eigenvalue weighted by molar-refractivity contribution is 5.91. The van der Waals surface area contributed by atoms with Gasteiger partial charge in [0.15, 0.2) is 5.78 Å². The lowest BCUT2D eigenvalue weighted by Crippen LogP contribution is -2.15. The molecule has 0 saturated heterocycles. The second kappa shape index (κ2) is 4.96. The van der Waals surface area contributed by atoms with Crippen LogP contribution in [0.5, 0.6) is 0 Å². The molecule has 2 heteroatoms. The van der Waals surface area contributed by atoms with Gasteiger partial charge in [-0.15, -0.1) is 0 Å². The molecule has 1 N–H and O–H groups in total. The fourth-order valence-corrected chi connectivity index (χ4v) is 1.69. The van der Waals surface area contributed by atoms with Gasteiger partial charge in [-0.25, -0.2) is 0 Å². The second-order valence-corrected chi connectivity index (χ2v) is 3.36. The van der Waals surface area contributed by atoms with Crippen LogP contribution in [0.25, 0.3) is 0 Å². The van der Waals surface area contributed by atoms with E-state index >= 15 is 0 Å². The molecule has 1 saturated carbocycles. The Morgan fingerprint density at radius 1 is 1.33 bits per heavy atom. The molecule has 68 valence electrons. The predicted molar refractivity (Wildman–Crippen MR) is 49.8 cm³/mol. The van der Waals surface area contributed by atoms with Gasteiger partial charge in [0.2, 0.25) is 0 Å². The van der Waals surface area contributed by atoms with Crippen molar-refractivity contribution in [3.63, 3.8) is 0 Å². The van der Waals surface area contributed by atoms with Crippen LogP contribution in [0.4, 0.5) is 0 Å². The Morgan fingerprint density at radius 3 is 2.58 bits per heavy atom. The maximum Gasteiger partial charge on any atom is 0.160 e. The molecule has 0 bridgehead atoms. The normalized spacial score (nSPS) is 19.8. The highest BCUT2D eigenvalue weighted by Gasteiger charge is 2.18. The quantitative estimate of drug-likeness (QED) is 0.650. The molecule has 1 aliphatic rings. The number of nitrogens with one attached hydrogen (secondary N) is 1. The lowest BCUT2D eigenvalue weighted by Gasteiger charge is -2.18. The van der Waals surface area contributed by atoms with Crippen LogP contribution < -0.4 is 5.32 Å². The van der Waals surface area contributed by atoms with Crippen molar-refractivity contribution in [1.82, 2.24) is 5.32 Å². The van der Waals surface area contributed by atoms with Crippen LogP contribution in [-0.2, 0) is 4.79 Å². The summed E-state index contributed by atoms with van der Waals surface area (Å²) in [5, 5.41) is 2.84. The fourth-order valence-electron chi connectivity index (χ4n) is 1.69. The first-order valence-corrected chi connectivity index (χ1v) is 4.72. The standard InChI is InChI=1S/C10H17NO/c1-11-8-7-10(12)9-5-3-2-4-6-9/h7-9,11H,2-6H2,1H3/b8-7-. The van der Waals surface area contributed by atoms with Gasteiger partial charge in [0.25, 0.3) is 0 Å². The van der Waals surface area contributed by atoms with E-state index in [0.717, 1.165) is 12.8 Å². The summed E-state index contributed by atoms with van der Waals surface area (Å²) in [6.45, 7) is 0. The first-order valence-electron chi connectivity index (χ1n) is 4.72. The van der Waals surface area contributed by atoms with E-state index in [1.165, 1.54) is 19.3 Å². The van der Waals surface area contributed by atoms with Gasteiger partial charge < -0.3 is 5.32 Å². The molecule has 0 aliphatic heterocycles. The van der Waals surface area contributed by atoms with Gasteiger partial charge in [-0.3, -0.25) is 4.79 Å². The van der Waals surface area contributed by atoms with Crippen LogP contribution in [0, 0.1) is 5.92 Å². The highest BCUT2D eigenvalue weighted by Crippen LogP contribution is 2.24. The minimum Gasteiger partial charge on any atom is -0.394 e. The van der Waals surface area contributed by atoms with E-state index in [2.05, 4.69) is 5.32 Å². The van der Waals surface area contributed by atoms with E-state index in [9.17, 15) is 4.79 Å².